The summed E-state index contributed by atoms with van der Waals surface area (Å²) in [6.45, 7) is 6.52. The Morgan fingerprint density at radius 1 is 0.739 bits per heavy atom. The van der Waals surface area contributed by atoms with Gasteiger partial charge >= 0.3 is 5.97 Å². The van der Waals surface area contributed by atoms with Gasteiger partial charge < -0.3 is 14.7 Å². The average molecular weight is 606 g/mol. The molecule has 0 aliphatic carbocycles. The highest BCUT2D eigenvalue weighted by Gasteiger charge is 2.32. The van der Waals surface area contributed by atoms with Crippen molar-refractivity contribution in [2.75, 3.05) is 31.1 Å². The zero-order chi connectivity index (χ0) is 30.7. The minimum atomic E-state index is -0.903. The fourth-order valence-electron chi connectivity index (χ4n) is 9.50. The first-order valence-corrected chi connectivity index (χ1v) is 17.2. The molecular weight excluding hydrogens is 568 g/mol. The maximum absolute atomic E-state index is 12.8. The van der Waals surface area contributed by atoms with Crippen LogP contribution in [0, 0.1) is 6.92 Å². The van der Waals surface area contributed by atoms with Crippen LogP contribution < -0.4 is 24.8 Å². The van der Waals surface area contributed by atoms with Crippen molar-refractivity contribution >= 4 is 38.8 Å². The second-order valence-corrected chi connectivity index (χ2v) is 14.0. The molecule has 5 aromatic carbocycles. The smallest absolute Gasteiger partial charge is 0.336 e. The number of carboxylic acid groups (broad SMARTS) is 1. The Balaban J connectivity index is 1.35. The van der Waals surface area contributed by atoms with Gasteiger partial charge in [-0.15, -0.1) is 0 Å². The van der Waals surface area contributed by atoms with Gasteiger partial charge in [-0.1, -0.05) is 29.8 Å². The summed E-state index contributed by atoms with van der Waals surface area (Å²) < 4.78 is 9.85. The van der Waals surface area contributed by atoms with E-state index in [-0.39, 0.29) is 0 Å². The zero-order valence-electron chi connectivity index (χ0n) is 26.3. The summed E-state index contributed by atoms with van der Waals surface area (Å²) in [5, 5.41) is 17.8. The number of aromatic carboxylic acids is 1. The number of ether oxygens (including phenoxy) is 1. The van der Waals surface area contributed by atoms with Crippen LogP contribution in [0.25, 0.3) is 27.1 Å². The van der Waals surface area contributed by atoms with Gasteiger partial charge in [0.15, 0.2) is 0 Å². The Kier molecular flexibility index (Phi) is 5.59. The molecule has 1 N–H and O–H groups in total. The molecule has 5 heterocycles. The number of rotatable bonds is 2. The van der Waals surface area contributed by atoms with Crippen LogP contribution in [-0.4, -0.2) is 37.3 Å². The van der Waals surface area contributed by atoms with Crippen molar-refractivity contribution < 1.29 is 14.6 Å². The van der Waals surface area contributed by atoms with E-state index in [1.807, 2.05) is 25.1 Å². The largest absolute Gasteiger partial charge is 0.478 e. The van der Waals surface area contributed by atoms with Crippen molar-refractivity contribution in [1.29, 1.82) is 0 Å². The molecule has 5 aliphatic rings. The molecule has 228 valence electrons. The lowest BCUT2D eigenvalue weighted by Gasteiger charge is -2.38. The standard InChI is InChI=1S/C41H36N2O3/c1-23-10-11-28(35(20-23)41(44)45)36-31-14-12-26-29-8-4-18-42-16-2-6-24(37(29)42)21-33(26)39(31)46-40-32(36)15-13-27-30-9-5-19-43-17-3-7-25(38(30)43)22-34(27)40/h10-15,20-22H,2-9,16-19H2,1H3/p+1. The molecule has 0 atom stereocenters. The Morgan fingerprint density at radius 3 is 2.30 bits per heavy atom. The van der Waals surface area contributed by atoms with Gasteiger partial charge in [0.1, 0.15) is 24.6 Å². The van der Waals surface area contributed by atoms with Gasteiger partial charge in [-0.3, -0.25) is 0 Å². The van der Waals surface area contributed by atoms with E-state index in [0.29, 0.717) is 5.56 Å². The van der Waals surface area contributed by atoms with E-state index in [2.05, 4.69) is 45.9 Å². The third-order valence-corrected chi connectivity index (χ3v) is 11.4. The number of nitrogens with zero attached hydrogens (tertiary/aromatic N) is 2. The van der Waals surface area contributed by atoms with Crippen molar-refractivity contribution in [2.24, 2.45) is 0 Å². The highest BCUT2D eigenvalue weighted by molar-refractivity contribution is 6.06. The lowest BCUT2D eigenvalue weighted by atomic mass is 9.83. The molecule has 5 nitrogen and oxygen atoms in total. The lowest BCUT2D eigenvalue weighted by Crippen LogP contribution is -2.43. The van der Waals surface area contributed by atoms with Crippen molar-refractivity contribution in [1.82, 2.24) is 4.58 Å². The summed E-state index contributed by atoms with van der Waals surface area (Å²) in [6, 6.07) is 19.6. The number of aryl methyl sites for hydroxylation is 5. The topological polar surface area (TPSA) is 52.8 Å². The zero-order valence-corrected chi connectivity index (χ0v) is 26.3. The van der Waals surface area contributed by atoms with E-state index in [9.17, 15) is 9.90 Å². The summed E-state index contributed by atoms with van der Waals surface area (Å²) in [5.74, 6) is 0.845. The van der Waals surface area contributed by atoms with E-state index < -0.39 is 5.97 Å². The van der Waals surface area contributed by atoms with Crippen LogP contribution in [-0.2, 0) is 25.7 Å². The second kappa shape index (κ2) is 9.68. The van der Waals surface area contributed by atoms with Gasteiger partial charge in [-0.25, -0.2) is 9.37 Å². The quantitative estimate of drug-likeness (QED) is 0.231. The number of carboxylic acids is 1. The fraction of sp³-hybridized carbons (Fsp3) is 0.317. The molecule has 0 unspecified atom stereocenters. The molecule has 0 spiro atoms. The summed E-state index contributed by atoms with van der Waals surface area (Å²) in [4.78, 5) is 15.4. The maximum atomic E-state index is 12.8. The summed E-state index contributed by atoms with van der Waals surface area (Å²) in [6.07, 6.45) is 9.03. The first kappa shape index (κ1) is 26.6. The van der Waals surface area contributed by atoms with Gasteiger partial charge in [-0.05, 0) is 103 Å². The predicted octanol–water partition coefficient (Wildman–Crippen LogP) is 6.43. The van der Waals surface area contributed by atoms with Gasteiger partial charge in [0, 0.05) is 69.9 Å². The van der Waals surface area contributed by atoms with Crippen molar-refractivity contribution in [2.45, 2.75) is 58.3 Å². The van der Waals surface area contributed by atoms with Crippen molar-refractivity contribution in [3.05, 3.63) is 110 Å². The molecule has 5 aliphatic heterocycles. The first-order valence-electron chi connectivity index (χ1n) is 17.2. The maximum Gasteiger partial charge on any atom is 0.336 e. The molecule has 0 aromatic heterocycles. The highest BCUT2D eigenvalue weighted by atomic mass is 16.5. The summed E-state index contributed by atoms with van der Waals surface area (Å²) in [7, 11) is 0. The fourth-order valence-corrected chi connectivity index (χ4v) is 9.50. The molecule has 0 fully saturated rings. The summed E-state index contributed by atoms with van der Waals surface area (Å²) >= 11 is 0. The Bertz CT molecular complexity index is 2350. The molecule has 5 aromatic rings. The molecule has 10 rings (SSSR count). The number of fused-ring (bicyclic) bond motifs is 8. The number of hydrogen-bond acceptors (Lipinski definition) is 3. The van der Waals surface area contributed by atoms with E-state index in [0.717, 1.165) is 102 Å². The van der Waals surface area contributed by atoms with Crippen LogP contribution in [0.5, 0.6) is 11.5 Å². The molecule has 0 bridgehead atoms. The molecule has 5 heteroatoms. The van der Waals surface area contributed by atoms with E-state index in [4.69, 9.17) is 4.74 Å². The van der Waals surface area contributed by atoms with Gasteiger partial charge in [0.05, 0.1) is 5.56 Å². The minimum absolute atomic E-state index is 0.335. The SMILES string of the molecule is Cc1ccc(C2=c3ccc4c5c6c(cc4c3Oc3c2ccc2c4c7c(cc32)CCCN7CCC4)CCC[N+]=6CCC5)c(C(=O)O)c1. The molecule has 0 amide bonds. The van der Waals surface area contributed by atoms with Gasteiger partial charge in [-0.2, -0.15) is 0 Å². The third kappa shape index (κ3) is 3.63. The molecular formula is C41H37N2O3+. The predicted molar refractivity (Wildman–Crippen MR) is 183 cm³/mol. The number of hydrogen-bond donors (Lipinski definition) is 1. The van der Waals surface area contributed by atoms with E-state index in [1.165, 1.54) is 69.8 Å². The number of benzene rings is 5. The number of carbonyl (C=O) groups is 1. The van der Waals surface area contributed by atoms with Crippen LogP contribution in [0.2, 0.25) is 0 Å². The van der Waals surface area contributed by atoms with E-state index in [1.54, 1.807) is 0 Å². The van der Waals surface area contributed by atoms with Crippen molar-refractivity contribution in [3.63, 3.8) is 0 Å². The van der Waals surface area contributed by atoms with Crippen LogP contribution in [0.1, 0.15) is 75.0 Å². The van der Waals surface area contributed by atoms with Gasteiger partial charge in [0.25, 0.3) is 0 Å². The van der Waals surface area contributed by atoms with Crippen LogP contribution in [0.4, 0.5) is 5.69 Å². The van der Waals surface area contributed by atoms with Gasteiger partial charge in [0.2, 0.25) is 5.36 Å². The van der Waals surface area contributed by atoms with Crippen LogP contribution in [0.15, 0.2) is 54.6 Å². The number of anilines is 1. The second-order valence-electron chi connectivity index (χ2n) is 14.0. The third-order valence-electron chi connectivity index (χ3n) is 11.4. The Morgan fingerprint density at radius 2 is 1.43 bits per heavy atom. The van der Waals surface area contributed by atoms with Crippen LogP contribution >= 0.6 is 0 Å². The monoisotopic (exact) mass is 605 g/mol. The lowest BCUT2D eigenvalue weighted by molar-refractivity contribution is 0.0696. The summed E-state index contributed by atoms with van der Waals surface area (Å²) in [5.41, 5.74) is 11.2. The van der Waals surface area contributed by atoms with E-state index >= 15 is 0 Å². The van der Waals surface area contributed by atoms with Crippen LogP contribution in [0.3, 0.4) is 0 Å². The molecule has 0 saturated heterocycles. The first-order chi connectivity index (χ1) is 22.5. The minimum Gasteiger partial charge on any atom is -0.478 e. The molecule has 0 saturated carbocycles. The molecule has 0 radical (unpaired) electrons. The van der Waals surface area contributed by atoms with Crippen molar-refractivity contribution in [3.8, 4) is 11.5 Å². The highest BCUT2D eigenvalue weighted by Crippen LogP contribution is 2.48. The molecule has 46 heavy (non-hydrogen) atoms. The Labute approximate surface area is 268 Å². The Hall–Kier alpha value is -4.64. The normalized spacial score (nSPS) is 17.7. The average Bonchev–Trinajstić information content (AvgIpc) is 3.08.